The summed E-state index contributed by atoms with van der Waals surface area (Å²) < 4.78 is 0. The maximum absolute atomic E-state index is 12.8. The summed E-state index contributed by atoms with van der Waals surface area (Å²) >= 11 is 0. The molecule has 0 radical (unpaired) electrons. The Bertz CT molecular complexity index is 857. The second kappa shape index (κ2) is 7.40. The van der Waals surface area contributed by atoms with E-state index in [2.05, 4.69) is 11.4 Å². The second-order valence-corrected chi connectivity index (χ2v) is 6.59. The molecule has 0 aromatic heterocycles. The first kappa shape index (κ1) is 17.7. The first-order valence-corrected chi connectivity index (χ1v) is 8.64. The molecule has 0 saturated heterocycles. The predicted octanol–water partition coefficient (Wildman–Crippen LogP) is 3.27. The fraction of sp³-hybridized carbons (Fsp3) is 0.286. The number of hydrogen-bond donors (Lipinski definition) is 1. The smallest absolute Gasteiger partial charge is 0.232 e. The molecule has 2 aromatic carbocycles. The Kier molecular flexibility index (Phi) is 5.04. The van der Waals surface area contributed by atoms with Gasteiger partial charge in [0.1, 0.15) is 6.04 Å². The predicted molar refractivity (Wildman–Crippen MR) is 99.5 cm³/mol. The van der Waals surface area contributed by atoms with Crippen LogP contribution >= 0.6 is 0 Å². The number of nitrogens with one attached hydrogen (secondary N) is 1. The molecule has 3 unspecified atom stereocenters. The molecule has 5 heteroatoms. The van der Waals surface area contributed by atoms with Gasteiger partial charge in [-0.3, -0.25) is 9.59 Å². The zero-order valence-corrected chi connectivity index (χ0v) is 14.8. The van der Waals surface area contributed by atoms with Crippen LogP contribution in [-0.2, 0) is 9.59 Å². The lowest BCUT2D eigenvalue weighted by molar-refractivity contribution is -0.132. The zero-order chi connectivity index (χ0) is 18.7. The fourth-order valence-electron chi connectivity index (χ4n) is 3.37. The topological polar surface area (TPSA) is 73.2 Å². The monoisotopic (exact) mass is 347 g/mol. The van der Waals surface area contributed by atoms with Crippen LogP contribution in [0.5, 0.6) is 0 Å². The zero-order valence-electron chi connectivity index (χ0n) is 14.8. The maximum Gasteiger partial charge on any atom is 0.232 e. The van der Waals surface area contributed by atoms with Crippen molar-refractivity contribution in [2.24, 2.45) is 0 Å². The molecule has 2 amide bonds. The van der Waals surface area contributed by atoms with Gasteiger partial charge in [0.25, 0.3) is 0 Å². The van der Waals surface area contributed by atoms with Gasteiger partial charge in [-0.1, -0.05) is 48.5 Å². The largest absolute Gasteiger partial charge is 0.329 e. The van der Waals surface area contributed by atoms with E-state index in [1.807, 2.05) is 61.5 Å². The third-order valence-corrected chi connectivity index (χ3v) is 5.00. The van der Waals surface area contributed by atoms with Crippen LogP contribution in [0.1, 0.15) is 36.3 Å². The molecular formula is C21H21N3O2. The minimum atomic E-state index is -0.671. The number of likely N-dealkylation sites (N-methyl/N-ethyl adjacent to an activating group) is 1. The highest BCUT2D eigenvalue weighted by Crippen LogP contribution is 2.36. The Balaban J connectivity index is 1.76. The molecule has 3 atom stereocenters. The SMILES string of the molecule is CC(C(=O)N(C)C(C#N)CC1C(=O)Nc2ccccc21)c1ccccc1. The number of benzene rings is 2. The van der Waals surface area contributed by atoms with Crippen LogP contribution in [-0.4, -0.2) is 29.8 Å². The average Bonchev–Trinajstić information content (AvgIpc) is 3.00. The maximum atomic E-state index is 12.8. The number of carbonyl (C=O) groups is 2. The lowest BCUT2D eigenvalue weighted by Crippen LogP contribution is -2.40. The lowest BCUT2D eigenvalue weighted by Gasteiger charge is -2.27. The van der Waals surface area contributed by atoms with Crippen molar-refractivity contribution in [3.05, 3.63) is 65.7 Å². The van der Waals surface area contributed by atoms with E-state index in [0.717, 1.165) is 16.8 Å². The normalized spacial score (nSPS) is 17.6. The summed E-state index contributed by atoms with van der Waals surface area (Å²) in [6, 6.07) is 18.5. The highest BCUT2D eigenvalue weighted by atomic mass is 16.2. The highest BCUT2D eigenvalue weighted by Gasteiger charge is 2.35. The molecule has 2 aromatic rings. The summed E-state index contributed by atoms with van der Waals surface area (Å²) in [5.41, 5.74) is 2.57. The van der Waals surface area contributed by atoms with E-state index in [1.54, 1.807) is 7.05 Å². The van der Waals surface area contributed by atoms with Gasteiger partial charge < -0.3 is 10.2 Å². The number of hydrogen-bond acceptors (Lipinski definition) is 3. The van der Waals surface area contributed by atoms with Gasteiger partial charge in [0.2, 0.25) is 11.8 Å². The number of para-hydroxylation sites is 1. The molecule has 0 fully saturated rings. The minimum Gasteiger partial charge on any atom is -0.329 e. The number of rotatable bonds is 5. The van der Waals surface area contributed by atoms with E-state index in [-0.39, 0.29) is 24.2 Å². The summed E-state index contributed by atoms with van der Waals surface area (Å²) in [5, 5.41) is 12.5. The molecule has 26 heavy (non-hydrogen) atoms. The molecule has 1 N–H and O–H groups in total. The van der Waals surface area contributed by atoms with Gasteiger partial charge in [-0.05, 0) is 30.5 Å². The van der Waals surface area contributed by atoms with Gasteiger partial charge in [0, 0.05) is 12.7 Å². The molecule has 1 aliphatic rings. The van der Waals surface area contributed by atoms with Crippen molar-refractivity contribution in [1.82, 2.24) is 4.90 Å². The molecule has 0 spiro atoms. The molecule has 5 nitrogen and oxygen atoms in total. The van der Waals surface area contributed by atoms with Crippen molar-refractivity contribution in [3.63, 3.8) is 0 Å². The standard InChI is InChI=1S/C21H21N3O2/c1-14(15-8-4-3-5-9-15)21(26)24(2)16(13-22)12-18-17-10-6-7-11-19(17)23-20(18)25/h3-11,14,16,18H,12H2,1-2H3,(H,23,25). The van der Waals surface area contributed by atoms with E-state index in [9.17, 15) is 14.9 Å². The van der Waals surface area contributed by atoms with Crippen LogP contribution in [0.15, 0.2) is 54.6 Å². The first-order valence-electron chi connectivity index (χ1n) is 8.64. The van der Waals surface area contributed by atoms with Crippen LogP contribution < -0.4 is 5.32 Å². The second-order valence-electron chi connectivity index (χ2n) is 6.59. The molecule has 1 heterocycles. The number of nitriles is 1. The Morgan fingerprint density at radius 1 is 1.19 bits per heavy atom. The third-order valence-electron chi connectivity index (χ3n) is 5.00. The van der Waals surface area contributed by atoms with Gasteiger partial charge in [-0.25, -0.2) is 0 Å². The number of fused-ring (bicyclic) bond motifs is 1. The van der Waals surface area contributed by atoms with E-state index in [0.29, 0.717) is 0 Å². The van der Waals surface area contributed by atoms with Gasteiger partial charge >= 0.3 is 0 Å². The minimum absolute atomic E-state index is 0.122. The van der Waals surface area contributed by atoms with Crippen molar-refractivity contribution in [3.8, 4) is 6.07 Å². The van der Waals surface area contributed by atoms with Gasteiger partial charge in [0.15, 0.2) is 0 Å². The first-order chi connectivity index (χ1) is 12.5. The van der Waals surface area contributed by atoms with Crippen molar-refractivity contribution < 1.29 is 9.59 Å². The molecule has 0 saturated carbocycles. The van der Waals surface area contributed by atoms with Crippen molar-refractivity contribution in [2.75, 3.05) is 12.4 Å². The molecule has 1 aliphatic heterocycles. The Labute approximate surface area is 153 Å². The van der Waals surface area contributed by atoms with Crippen molar-refractivity contribution in [2.45, 2.75) is 31.2 Å². The van der Waals surface area contributed by atoms with Crippen molar-refractivity contribution >= 4 is 17.5 Å². The lowest BCUT2D eigenvalue weighted by atomic mass is 9.92. The van der Waals surface area contributed by atoms with Crippen LogP contribution in [0, 0.1) is 11.3 Å². The summed E-state index contributed by atoms with van der Waals surface area (Å²) in [5.74, 6) is -1.02. The molecule has 0 bridgehead atoms. The summed E-state index contributed by atoms with van der Waals surface area (Å²) in [6.07, 6.45) is 0.281. The van der Waals surface area contributed by atoms with Crippen LogP contribution in [0.25, 0.3) is 0 Å². The average molecular weight is 347 g/mol. The van der Waals surface area contributed by atoms with Crippen LogP contribution in [0.4, 0.5) is 5.69 Å². The van der Waals surface area contributed by atoms with E-state index in [4.69, 9.17) is 0 Å². The van der Waals surface area contributed by atoms with E-state index < -0.39 is 12.0 Å². The summed E-state index contributed by atoms with van der Waals surface area (Å²) in [7, 11) is 1.63. The molecule has 3 rings (SSSR count). The number of anilines is 1. The highest BCUT2D eigenvalue weighted by molar-refractivity contribution is 6.02. The fourth-order valence-corrected chi connectivity index (χ4v) is 3.37. The van der Waals surface area contributed by atoms with Gasteiger partial charge in [0.05, 0.1) is 17.9 Å². The molecule has 0 aliphatic carbocycles. The Morgan fingerprint density at radius 3 is 2.54 bits per heavy atom. The molecule has 132 valence electrons. The summed E-state index contributed by atoms with van der Waals surface area (Å²) in [4.78, 5) is 26.6. The number of amides is 2. The van der Waals surface area contributed by atoms with Crippen LogP contribution in [0.3, 0.4) is 0 Å². The third kappa shape index (κ3) is 3.31. The van der Waals surface area contributed by atoms with Gasteiger partial charge in [-0.15, -0.1) is 0 Å². The summed E-state index contributed by atoms with van der Waals surface area (Å²) in [6.45, 7) is 1.83. The molecular weight excluding hydrogens is 326 g/mol. The Hall–Kier alpha value is -3.13. The number of nitrogens with zero attached hydrogens (tertiary/aromatic N) is 2. The quantitative estimate of drug-likeness (QED) is 0.902. The number of carbonyl (C=O) groups excluding carboxylic acids is 2. The van der Waals surface area contributed by atoms with E-state index in [1.165, 1.54) is 4.90 Å². The Morgan fingerprint density at radius 2 is 1.85 bits per heavy atom. The van der Waals surface area contributed by atoms with E-state index >= 15 is 0 Å². The van der Waals surface area contributed by atoms with Crippen molar-refractivity contribution in [1.29, 1.82) is 5.26 Å². The van der Waals surface area contributed by atoms with Gasteiger partial charge in [-0.2, -0.15) is 5.26 Å². The van der Waals surface area contributed by atoms with Crippen LogP contribution in [0.2, 0.25) is 0 Å².